The lowest BCUT2D eigenvalue weighted by molar-refractivity contribution is 0.102. The third-order valence-electron chi connectivity index (χ3n) is 4.13. The molecule has 1 heterocycles. The number of hydrogen-bond acceptors (Lipinski definition) is 4. The molecule has 1 aromatic heterocycles. The van der Waals surface area contributed by atoms with Gasteiger partial charge in [-0.25, -0.2) is 8.42 Å². The number of pyridine rings is 1. The molecule has 0 unspecified atom stereocenters. The molecule has 0 atom stereocenters. The SMILES string of the molecule is Cc1ccccc1N(C)S(=O)(=O)c1cccc(C(=O)Nc2cccnc2)c1. The molecule has 0 saturated heterocycles. The fourth-order valence-electron chi connectivity index (χ4n) is 2.64. The Labute approximate surface area is 158 Å². The lowest BCUT2D eigenvalue weighted by atomic mass is 10.2. The summed E-state index contributed by atoms with van der Waals surface area (Å²) in [7, 11) is -2.30. The smallest absolute Gasteiger partial charge is 0.264 e. The molecular weight excluding hydrogens is 362 g/mol. The third kappa shape index (κ3) is 3.98. The van der Waals surface area contributed by atoms with Crippen LogP contribution in [0.2, 0.25) is 0 Å². The van der Waals surface area contributed by atoms with E-state index >= 15 is 0 Å². The standard InChI is InChI=1S/C20H19N3O3S/c1-15-7-3-4-11-19(15)23(2)27(25,26)18-10-5-8-16(13-18)20(24)22-17-9-6-12-21-14-17/h3-14H,1-2H3,(H,22,24). The van der Waals surface area contributed by atoms with E-state index in [1.54, 1.807) is 42.6 Å². The van der Waals surface area contributed by atoms with Crippen molar-refractivity contribution >= 4 is 27.3 Å². The summed E-state index contributed by atoms with van der Waals surface area (Å²) in [5, 5.41) is 2.70. The van der Waals surface area contributed by atoms with Crippen molar-refractivity contribution in [3.8, 4) is 0 Å². The molecule has 3 rings (SSSR count). The van der Waals surface area contributed by atoms with Crippen molar-refractivity contribution < 1.29 is 13.2 Å². The first-order chi connectivity index (χ1) is 12.9. The number of nitrogens with zero attached hydrogens (tertiary/aromatic N) is 2. The minimum absolute atomic E-state index is 0.0482. The summed E-state index contributed by atoms with van der Waals surface area (Å²) in [4.78, 5) is 16.4. The molecule has 6 nitrogen and oxygen atoms in total. The summed E-state index contributed by atoms with van der Waals surface area (Å²) in [6, 6.07) is 16.6. The zero-order chi connectivity index (χ0) is 19.4. The topological polar surface area (TPSA) is 79.4 Å². The number of hydrogen-bond donors (Lipinski definition) is 1. The van der Waals surface area contributed by atoms with Crippen molar-refractivity contribution in [1.82, 2.24) is 4.98 Å². The Hall–Kier alpha value is -3.19. The largest absolute Gasteiger partial charge is 0.321 e. The summed E-state index contributed by atoms with van der Waals surface area (Å²) in [6.07, 6.45) is 3.12. The van der Waals surface area contributed by atoms with Gasteiger partial charge in [0.1, 0.15) is 0 Å². The molecule has 0 aliphatic rings. The average molecular weight is 381 g/mol. The Balaban J connectivity index is 1.90. The highest BCUT2D eigenvalue weighted by Gasteiger charge is 2.23. The maximum absolute atomic E-state index is 13.0. The predicted octanol–water partition coefficient (Wildman–Crippen LogP) is 3.47. The van der Waals surface area contributed by atoms with Crippen LogP contribution in [0, 0.1) is 6.92 Å². The molecule has 0 spiro atoms. The molecule has 2 aromatic carbocycles. The first kappa shape index (κ1) is 18.6. The van der Waals surface area contributed by atoms with Crippen LogP contribution in [0.3, 0.4) is 0 Å². The van der Waals surface area contributed by atoms with Crippen LogP contribution in [0.15, 0.2) is 78.0 Å². The Kier molecular flexibility index (Phi) is 5.23. The second kappa shape index (κ2) is 7.59. The van der Waals surface area contributed by atoms with E-state index in [0.717, 1.165) is 5.56 Å². The van der Waals surface area contributed by atoms with Gasteiger partial charge in [0.05, 0.1) is 22.5 Å². The number of carbonyl (C=O) groups excluding carboxylic acids is 1. The summed E-state index contributed by atoms with van der Waals surface area (Å²) in [6.45, 7) is 1.85. The van der Waals surface area contributed by atoms with Gasteiger partial charge in [-0.2, -0.15) is 0 Å². The highest BCUT2D eigenvalue weighted by atomic mass is 32.2. The molecule has 27 heavy (non-hydrogen) atoms. The van der Waals surface area contributed by atoms with Gasteiger partial charge in [0, 0.05) is 18.8 Å². The number of sulfonamides is 1. The Morgan fingerprint density at radius 2 is 1.81 bits per heavy atom. The molecule has 0 saturated carbocycles. The van der Waals surface area contributed by atoms with E-state index < -0.39 is 15.9 Å². The van der Waals surface area contributed by atoms with Crippen molar-refractivity contribution in [3.63, 3.8) is 0 Å². The summed E-state index contributed by atoms with van der Waals surface area (Å²) < 4.78 is 27.2. The first-order valence-electron chi connectivity index (χ1n) is 8.25. The first-order valence-corrected chi connectivity index (χ1v) is 9.69. The highest BCUT2D eigenvalue weighted by molar-refractivity contribution is 7.92. The Morgan fingerprint density at radius 3 is 2.52 bits per heavy atom. The minimum Gasteiger partial charge on any atom is -0.321 e. The van der Waals surface area contributed by atoms with Gasteiger partial charge in [0.25, 0.3) is 15.9 Å². The number of carbonyl (C=O) groups is 1. The van der Waals surface area contributed by atoms with Gasteiger partial charge in [-0.1, -0.05) is 24.3 Å². The zero-order valence-corrected chi connectivity index (χ0v) is 15.8. The van der Waals surface area contributed by atoms with Gasteiger partial charge in [-0.15, -0.1) is 0 Å². The lowest BCUT2D eigenvalue weighted by Gasteiger charge is -2.21. The van der Waals surface area contributed by atoms with E-state index in [1.165, 1.54) is 29.7 Å². The van der Waals surface area contributed by atoms with Crippen LogP contribution in [0.1, 0.15) is 15.9 Å². The number of amides is 1. The molecule has 138 valence electrons. The number of benzene rings is 2. The molecule has 0 aliphatic carbocycles. The van der Waals surface area contributed by atoms with E-state index in [9.17, 15) is 13.2 Å². The van der Waals surface area contributed by atoms with Crippen LogP contribution in [0.4, 0.5) is 11.4 Å². The number of nitrogens with one attached hydrogen (secondary N) is 1. The second-order valence-electron chi connectivity index (χ2n) is 5.98. The quantitative estimate of drug-likeness (QED) is 0.734. The van der Waals surface area contributed by atoms with E-state index in [0.29, 0.717) is 11.4 Å². The van der Waals surface area contributed by atoms with Gasteiger partial charge in [0.2, 0.25) is 0 Å². The monoisotopic (exact) mass is 381 g/mol. The Bertz CT molecular complexity index is 1070. The third-order valence-corrected chi connectivity index (χ3v) is 5.90. The van der Waals surface area contributed by atoms with Crippen LogP contribution in [0.5, 0.6) is 0 Å². The van der Waals surface area contributed by atoms with Crippen molar-refractivity contribution in [2.45, 2.75) is 11.8 Å². The summed E-state index contributed by atoms with van der Waals surface area (Å²) in [5.41, 5.74) is 2.21. The molecular formula is C20H19N3O3S. The van der Waals surface area contributed by atoms with Crippen molar-refractivity contribution in [2.24, 2.45) is 0 Å². The van der Waals surface area contributed by atoms with Crippen molar-refractivity contribution in [3.05, 3.63) is 84.2 Å². The van der Waals surface area contributed by atoms with Crippen molar-refractivity contribution in [2.75, 3.05) is 16.7 Å². The van der Waals surface area contributed by atoms with Gasteiger partial charge < -0.3 is 5.32 Å². The number of anilines is 2. The number of rotatable bonds is 5. The fraction of sp³-hybridized carbons (Fsp3) is 0.100. The molecule has 7 heteroatoms. The van der Waals surface area contributed by atoms with Crippen LogP contribution in [-0.2, 0) is 10.0 Å². The summed E-state index contributed by atoms with van der Waals surface area (Å²) in [5.74, 6) is -0.404. The number of aryl methyl sites for hydroxylation is 1. The normalized spacial score (nSPS) is 11.0. The van der Waals surface area contributed by atoms with E-state index in [2.05, 4.69) is 10.3 Å². The van der Waals surface area contributed by atoms with Crippen LogP contribution >= 0.6 is 0 Å². The number of aromatic nitrogens is 1. The van der Waals surface area contributed by atoms with Gasteiger partial charge in [0.15, 0.2) is 0 Å². The maximum Gasteiger partial charge on any atom is 0.264 e. The molecule has 1 amide bonds. The molecule has 0 bridgehead atoms. The summed E-state index contributed by atoms with van der Waals surface area (Å²) >= 11 is 0. The fourth-order valence-corrected chi connectivity index (χ4v) is 3.95. The van der Waals surface area contributed by atoms with Gasteiger partial charge >= 0.3 is 0 Å². The second-order valence-corrected chi connectivity index (χ2v) is 7.95. The molecule has 1 N–H and O–H groups in total. The zero-order valence-electron chi connectivity index (χ0n) is 15.0. The van der Waals surface area contributed by atoms with Crippen LogP contribution in [0.25, 0.3) is 0 Å². The van der Waals surface area contributed by atoms with Crippen LogP contribution < -0.4 is 9.62 Å². The van der Waals surface area contributed by atoms with E-state index in [4.69, 9.17) is 0 Å². The number of para-hydroxylation sites is 1. The van der Waals surface area contributed by atoms with Crippen molar-refractivity contribution in [1.29, 1.82) is 0 Å². The predicted molar refractivity (Wildman–Crippen MR) is 105 cm³/mol. The highest BCUT2D eigenvalue weighted by Crippen LogP contribution is 2.25. The van der Waals surface area contributed by atoms with Gasteiger partial charge in [-0.3, -0.25) is 14.1 Å². The Morgan fingerprint density at radius 1 is 1.04 bits per heavy atom. The molecule has 3 aromatic rings. The van der Waals surface area contributed by atoms with E-state index in [-0.39, 0.29) is 10.5 Å². The maximum atomic E-state index is 13.0. The average Bonchev–Trinajstić information content (AvgIpc) is 2.68. The van der Waals surface area contributed by atoms with E-state index in [1.807, 2.05) is 19.1 Å². The minimum atomic E-state index is -3.80. The van der Waals surface area contributed by atoms with Crippen LogP contribution in [-0.4, -0.2) is 26.4 Å². The lowest BCUT2D eigenvalue weighted by Crippen LogP contribution is -2.27. The van der Waals surface area contributed by atoms with Gasteiger partial charge in [-0.05, 0) is 48.9 Å². The molecule has 0 aliphatic heterocycles. The molecule has 0 fully saturated rings. The molecule has 0 radical (unpaired) electrons.